The molecule has 1 aliphatic heterocycles. The zero-order chi connectivity index (χ0) is 12.5. The van der Waals surface area contributed by atoms with Crippen LogP contribution >= 0.6 is 23.2 Å². The molecule has 94 valence electrons. The second-order valence-electron chi connectivity index (χ2n) is 4.26. The minimum absolute atomic E-state index is 0.0725. The number of hydrogen-bond donors (Lipinski definition) is 0. The van der Waals surface area contributed by atoms with Crippen LogP contribution in [0.25, 0.3) is 0 Å². The SMILES string of the molecule is ClCc1cn(CC2Cc3cc(Cl)ccc3O2)nn1. The van der Waals surface area contributed by atoms with Crippen LogP contribution in [0.4, 0.5) is 0 Å². The number of benzene rings is 1. The lowest BCUT2D eigenvalue weighted by Gasteiger charge is -2.09. The molecule has 0 spiro atoms. The van der Waals surface area contributed by atoms with Gasteiger partial charge in [-0.3, -0.25) is 0 Å². The Hall–Kier alpha value is -1.26. The van der Waals surface area contributed by atoms with Crippen molar-refractivity contribution >= 4 is 23.2 Å². The van der Waals surface area contributed by atoms with Gasteiger partial charge in [-0.05, 0) is 23.8 Å². The quantitative estimate of drug-likeness (QED) is 0.813. The summed E-state index contributed by atoms with van der Waals surface area (Å²) in [7, 11) is 0. The summed E-state index contributed by atoms with van der Waals surface area (Å²) in [4.78, 5) is 0. The fourth-order valence-electron chi connectivity index (χ4n) is 2.09. The molecule has 0 amide bonds. The third-order valence-corrected chi connectivity index (χ3v) is 3.39. The maximum absolute atomic E-state index is 5.96. The third-order valence-electron chi connectivity index (χ3n) is 2.88. The van der Waals surface area contributed by atoms with E-state index < -0.39 is 0 Å². The van der Waals surface area contributed by atoms with Crippen LogP contribution < -0.4 is 4.74 Å². The van der Waals surface area contributed by atoms with E-state index in [9.17, 15) is 0 Å². The van der Waals surface area contributed by atoms with Crippen LogP contribution in [0, 0.1) is 0 Å². The van der Waals surface area contributed by atoms with Crippen molar-refractivity contribution in [2.45, 2.75) is 24.9 Å². The lowest BCUT2D eigenvalue weighted by Crippen LogP contribution is -2.21. The predicted molar refractivity (Wildman–Crippen MR) is 69.2 cm³/mol. The van der Waals surface area contributed by atoms with Crippen molar-refractivity contribution in [2.24, 2.45) is 0 Å². The molecule has 0 saturated carbocycles. The molecular weight excluding hydrogens is 273 g/mol. The number of hydrogen-bond acceptors (Lipinski definition) is 3. The fourth-order valence-corrected chi connectivity index (χ4v) is 2.41. The van der Waals surface area contributed by atoms with Crippen molar-refractivity contribution in [3.05, 3.63) is 40.7 Å². The Balaban J connectivity index is 1.70. The summed E-state index contributed by atoms with van der Waals surface area (Å²) in [6.07, 6.45) is 2.75. The Kier molecular flexibility index (Phi) is 3.14. The van der Waals surface area contributed by atoms with Gasteiger partial charge in [0.05, 0.1) is 18.1 Å². The number of rotatable bonds is 3. The average molecular weight is 284 g/mol. The van der Waals surface area contributed by atoms with E-state index in [1.54, 1.807) is 4.68 Å². The van der Waals surface area contributed by atoms with Gasteiger partial charge in [0.1, 0.15) is 11.9 Å². The highest BCUT2D eigenvalue weighted by atomic mass is 35.5. The molecule has 0 saturated heterocycles. The van der Waals surface area contributed by atoms with Crippen molar-refractivity contribution in [3.8, 4) is 5.75 Å². The Labute approximate surface area is 114 Å². The molecule has 0 fully saturated rings. The summed E-state index contributed by atoms with van der Waals surface area (Å²) in [5, 5.41) is 8.69. The zero-order valence-corrected chi connectivity index (χ0v) is 11.0. The van der Waals surface area contributed by atoms with Gasteiger partial charge in [0, 0.05) is 17.6 Å². The van der Waals surface area contributed by atoms with E-state index in [1.807, 2.05) is 24.4 Å². The van der Waals surface area contributed by atoms with E-state index in [1.165, 1.54) is 0 Å². The van der Waals surface area contributed by atoms with Crippen LogP contribution in [0.3, 0.4) is 0 Å². The Morgan fingerprint density at radius 2 is 2.33 bits per heavy atom. The molecule has 18 heavy (non-hydrogen) atoms. The van der Waals surface area contributed by atoms with Gasteiger partial charge in [-0.2, -0.15) is 0 Å². The van der Waals surface area contributed by atoms with Crippen molar-refractivity contribution in [1.29, 1.82) is 0 Å². The maximum Gasteiger partial charge on any atom is 0.123 e. The summed E-state index contributed by atoms with van der Waals surface area (Å²) < 4.78 is 7.59. The maximum atomic E-state index is 5.96. The van der Waals surface area contributed by atoms with Crippen molar-refractivity contribution in [1.82, 2.24) is 15.0 Å². The smallest absolute Gasteiger partial charge is 0.123 e. The molecule has 3 rings (SSSR count). The van der Waals surface area contributed by atoms with Crippen molar-refractivity contribution in [3.63, 3.8) is 0 Å². The van der Waals surface area contributed by atoms with Gasteiger partial charge >= 0.3 is 0 Å². The van der Waals surface area contributed by atoms with Gasteiger partial charge in [0.2, 0.25) is 0 Å². The molecule has 4 nitrogen and oxygen atoms in total. The summed E-state index contributed by atoms with van der Waals surface area (Å²) in [6, 6.07) is 5.69. The Bertz CT molecular complexity index is 570. The molecule has 1 aliphatic rings. The lowest BCUT2D eigenvalue weighted by molar-refractivity contribution is 0.202. The van der Waals surface area contributed by atoms with Crippen LogP contribution in [0.5, 0.6) is 5.75 Å². The average Bonchev–Trinajstić information content (AvgIpc) is 2.95. The van der Waals surface area contributed by atoms with E-state index in [0.29, 0.717) is 12.4 Å². The monoisotopic (exact) mass is 283 g/mol. The molecule has 1 unspecified atom stereocenters. The number of halogens is 2. The number of fused-ring (bicyclic) bond motifs is 1. The van der Waals surface area contributed by atoms with Crippen LogP contribution in [-0.2, 0) is 18.8 Å². The molecular formula is C12H11Cl2N3O. The normalized spacial score (nSPS) is 17.6. The molecule has 0 bridgehead atoms. The molecule has 0 radical (unpaired) electrons. The minimum atomic E-state index is 0.0725. The van der Waals surface area contributed by atoms with Gasteiger partial charge < -0.3 is 4.74 Å². The van der Waals surface area contributed by atoms with E-state index in [0.717, 1.165) is 28.5 Å². The number of ether oxygens (including phenoxy) is 1. The van der Waals surface area contributed by atoms with E-state index >= 15 is 0 Å². The standard InChI is InChI=1S/C12H11Cl2N3O/c13-5-10-6-17(16-15-10)7-11-4-8-3-9(14)1-2-12(8)18-11/h1-3,6,11H,4-5,7H2. The topological polar surface area (TPSA) is 39.9 Å². The first-order chi connectivity index (χ1) is 8.74. The van der Waals surface area contributed by atoms with Crippen LogP contribution in [0.1, 0.15) is 11.3 Å². The highest BCUT2D eigenvalue weighted by molar-refractivity contribution is 6.30. The number of nitrogens with zero attached hydrogens (tertiary/aromatic N) is 3. The number of aromatic nitrogens is 3. The number of alkyl halides is 1. The summed E-state index contributed by atoms with van der Waals surface area (Å²) in [5.41, 5.74) is 1.92. The molecule has 1 aromatic carbocycles. The van der Waals surface area contributed by atoms with Gasteiger partial charge in [0.15, 0.2) is 0 Å². The summed E-state index contributed by atoms with van der Waals surface area (Å²) >= 11 is 11.6. The zero-order valence-electron chi connectivity index (χ0n) is 9.51. The first-order valence-electron chi connectivity index (χ1n) is 5.64. The fraction of sp³-hybridized carbons (Fsp3) is 0.333. The molecule has 2 heterocycles. The second kappa shape index (κ2) is 4.78. The molecule has 0 aliphatic carbocycles. The van der Waals surface area contributed by atoms with Crippen molar-refractivity contribution in [2.75, 3.05) is 0 Å². The van der Waals surface area contributed by atoms with Crippen LogP contribution in [0.15, 0.2) is 24.4 Å². The van der Waals surface area contributed by atoms with E-state index in [2.05, 4.69) is 10.3 Å². The lowest BCUT2D eigenvalue weighted by atomic mass is 10.1. The van der Waals surface area contributed by atoms with Crippen molar-refractivity contribution < 1.29 is 4.74 Å². The second-order valence-corrected chi connectivity index (χ2v) is 4.97. The van der Waals surface area contributed by atoms with Gasteiger partial charge in [-0.25, -0.2) is 4.68 Å². The Morgan fingerprint density at radius 3 is 3.11 bits per heavy atom. The van der Waals surface area contributed by atoms with Crippen LogP contribution in [0.2, 0.25) is 5.02 Å². The van der Waals surface area contributed by atoms with E-state index in [4.69, 9.17) is 27.9 Å². The molecule has 2 aromatic rings. The van der Waals surface area contributed by atoms with Crippen LogP contribution in [-0.4, -0.2) is 21.1 Å². The molecule has 1 aromatic heterocycles. The highest BCUT2D eigenvalue weighted by Crippen LogP contribution is 2.31. The van der Waals surface area contributed by atoms with E-state index in [-0.39, 0.29) is 6.10 Å². The predicted octanol–water partition coefficient (Wildman–Crippen LogP) is 2.67. The molecule has 0 N–H and O–H groups in total. The molecule has 6 heteroatoms. The third kappa shape index (κ3) is 2.31. The summed E-state index contributed by atoms with van der Waals surface area (Å²) in [6.45, 7) is 0.663. The summed E-state index contributed by atoms with van der Waals surface area (Å²) in [5.74, 6) is 1.28. The van der Waals surface area contributed by atoms with Gasteiger partial charge in [0.25, 0.3) is 0 Å². The first-order valence-corrected chi connectivity index (χ1v) is 6.56. The first kappa shape index (κ1) is 11.8. The Morgan fingerprint density at radius 1 is 1.44 bits per heavy atom. The van der Waals surface area contributed by atoms with Gasteiger partial charge in [-0.15, -0.1) is 16.7 Å². The largest absolute Gasteiger partial charge is 0.488 e. The molecule has 1 atom stereocenters. The van der Waals surface area contributed by atoms with Gasteiger partial charge in [-0.1, -0.05) is 16.8 Å². The highest BCUT2D eigenvalue weighted by Gasteiger charge is 2.23. The minimum Gasteiger partial charge on any atom is -0.488 e.